The van der Waals surface area contributed by atoms with Crippen LogP contribution in [0.4, 0.5) is 0 Å². The van der Waals surface area contributed by atoms with Crippen LogP contribution in [-0.4, -0.2) is 35.3 Å². The summed E-state index contributed by atoms with van der Waals surface area (Å²) in [6, 6.07) is 7.91. The van der Waals surface area contributed by atoms with Crippen LogP contribution in [0.15, 0.2) is 28.8 Å². The van der Waals surface area contributed by atoms with Crippen molar-refractivity contribution in [3.05, 3.63) is 35.7 Å². The normalized spacial score (nSPS) is 11.0. The molecule has 0 saturated heterocycles. The molecule has 6 nitrogen and oxygen atoms in total. The van der Waals surface area contributed by atoms with Crippen molar-refractivity contribution in [3.63, 3.8) is 0 Å². The molecule has 1 aromatic carbocycles. The lowest BCUT2D eigenvalue weighted by Crippen LogP contribution is -2.25. The second-order valence-electron chi connectivity index (χ2n) is 6.00. The highest BCUT2D eigenvalue weighted by atomic mass is 16.5. The number of aromatic nitrogens is 2. The summed E-state index contributed by atoms with van der Waals surface area (Å²) in [6.45, 7) is 7.28. The molecule has 0 aliphatic heterocycles. The Bertz CT molecular complexity index is 635. The third-order valence-electron chi connectivity index (χ3n) is 3.44. The van der Waals surface area contributed by atoms with Crippen LogP contribution in [0, 0.1) is 6.92 Å². The van der Waals surface area contributed by atoms with Crippen LogP contribution in [0.25, 0.3) is 11.4 Å². The Labute approximate surface area is 142 Å². The molecule has 0 unspecified atom stereocenters. The summed E-state index contributed by atoms with van der Waals surface area (Å²) < 4.78 is 10.6. The standard InChI is InChI=1S/C18H25N3O3/c1-13(2)23-12-4-11-19-16(22)9-10-17-20-18(21-24-17)15-7-5-14(3)6-8-15/h5-8,13H,4,9-12H2,1-3H3,(H,19,22). The molecule has 130 valence electrons. The van der Waals surface area contributed by atoms with Crippen molar-refractivity contribution >= 4 is 5.91 Å². The molecule has 0 bridgehead atoms. The molecule has 0 fully saturated rings. The second kappa shape index (κ2) is 9.17. The molecular weight excluding hydrogens is 306 g/mol. The van der Waals surface area contributed by atoms with Crippen molar-refractivity contribution < 1.29 is 14.1 Å². The van der Waals surface area contributed by atoms with E-state index in [0.717, 1.165) is 12.0 Å². The Morgan fingerprint density at radius 2 is 2.04 bits per heavy atom. The Kier molecular flexibility index (Phi) is 6.93. The Hall–Kier alpha value is -2.21. The number of amides is 1. The van der Waals surface area contributed by atoms with Gasteiger partial charge in [-0.1, -0.05) is 35.0 Å². The van der Waals surface area contributed by atoms with E-state index >= 15 is 0 Å². The first-order valence-corrected chi connectivity index (χ1v) is 8.32. The number of rotatable bonds is 9. The van der Waals surface area contributed by atoms with Crippen molar-refractivity contribution in [2.75, 3.05) is 13.2 Å². The van der Waals surface area contributed by atoms with Crippen molar-refractivity contribution in [3.8, 4) is 11.4 Å². The third kappa shape index (κ3) is 6.12. The zero-order chi connectivity index (χ0) is 17.4. The van der Waals surface area contributed by atoms with Gasteiger partial charge in [0, 0.05) is 31.6 Å². The van der Waals surface area contributed by atoms with Gasteiger partial charge in [0.2, 0.25) is 17.6 Å². The Morgan fingerprint density at radius 1 is 1.29 bits per heavy atom. The van der Waals surface area contributed by atoms with Gasteiger partial charge in [0.1, 0.15) is 0 Å². The molecule has 1 N–H and O–H groups in total. The van der Waals surface area contributed by atoms with E-state index in [4.69, 9.17) is 9.26 Å². The SMILES string of the molecule is Cc1ccc(-c2noc(CCC(=O)NCCCOC(C)C)n2)cc1. The molecule has 0 aliphatic rings. The number of hydrogen-bond acceptors (Lipinski definition) is 5. The fraction of sp³-hybridized carbons (Fsp3) is 0.500. The summed E-state index contributed by atoms with van der Waals surface area (Å²) in [7, 11) is 0. The minimum Gasteiger partial charge on any atom is -0.379 e. The number of nitrogens with zero attached hydrogens (tertiary/aromatic N) is 2. The average Bonchev–Trinajstić information content (AvgIpc) is 3.02. The van der Waals surface area contributed by atoms with Gasteiger partial charge in [-0.15, -0.1) is 0 Å². The Balaban J connectivity index is 1.71. The van der Waals surface area contributed by atoms with Crippen molar-refractivity contribution in [1.29, 1.82) is 0 Å². The maximum Gasteiger partial charge on any atom is 0.227 e. The van der Waals surface area contributed by atoms with E-state index in [1.807, 2.05) is 45.0 Å². The highest BCUT2D eigenvalue weighted by molar-refractivity contribution is 5.75. The Morgan fingerprint density at radius 3 is 2.75 bits per heavy atom. The molecule has 0 spiro atoms. The first-order valence-electron chi connectivity index (χ1n) is 8.32. The second-order valence-corrected chi connectivity index (χ2v) is 6.00. The zero-order valence-corrected chi connectivity index (χ0v) is 14.5. The topological polar surface area (TPSA) is 77.2 Å². The number of carbonyl (C=O) groups is 1. The van der Waals surface area contributed by atoms with Crippen LogP contribution < -0.4 is 5.32 Å². The van der Waals surface area contributed by atoms with Crippen LogP contribution >= 0.6 is 0 Å². The predicted molar refractivity (Wildman–Crippen MR) is 91.5 cm³/mol. The summed E-state index contributed by atoms with van der Waals surface area (Å²) in [4.78, 5) is 16.1. The van der Waals surface area contributed by atoms with Crippen LogP contribution in [0.3, 0.4) is 0 Å². The van der Waals surface area contributed by atoms with Gasteiger partial charge in [-0.05, 0) is 27.2 Å². The van der Waals surface area contributed by atoms with Crippen molar-refractivity contribution in [2.24, 2.45) is 0 Å². The van der Waals surface area contributed by atoms with Gasteiger partial charge in [0.05, 0.1) is 6.10 Å². The van der Waals surface area contributed by atoms with Gasteiger partial charge in [0.25, 0.3) is 0 Å². The van der Waals surface area contributed by atoms with Gasteiger partial charge in [-0.25, -0.2) is 0 Å². The van der Waals surface area contributed by atoms with E-state index in [2.05, 4.69) is 15.5 Å². The summed E-state index contributed by atoms with van der Waals surface area (Å²) in [5.74, 6) is 1.01. The van der Waals surface area contributed by atoms with E-state index in [1.54, 1.807) is 0 Å². The lowest BCUT2D eigenvalue weighted by Gasteiger charge is -2.07. The maximum absolute atomic E-state index is 11.8. The fourth-order valence-electron chi connectivity index (χ4n) is 2.10. The molecular formula is C18H25N3O3. The minimum absolute atomic E-state index is 0.0189. The van der Waals surface area contributed by atoms with Gasteiger partial charge in [-0.2, -0.15) is 4.98 Å². The monoisotopic (exact) mass is 331 g/mol. The van der Waals surface area contributed by atoms with Gasteiger partial charge < -0.3 is 14.6 Å². The first-order chi connectivity index (χ1) is 11.5. The number of nitrogens with one attached hydrogen (secondary N) is 1. The number of benzene rings is 1. The van der Waals surface area contributed by atoms with Gasteiger partial charge in [-0.3, -0.25) is 4.79 Å². The lowest BCUT2D eigenvalue weighted by molar-refractivity contribution is -0.121. The highest BCUT2D eigenvalue weighted by Crippen LogP contribution is 2.16. The molecule has 1 amide bonds. The molecule has 1 aromatic heterocycles. The number of carbonyl (C=O) groups excluding carboxylic acids is 1. The minimum atomic E-state index is -0.0189. The highest BCUT2D eigenvalue weighted by Gasteiger charge is 2.10. The predicted octanol–water partition coefficient (Wildman–Crippen LogP) is 2.91. The van der Waals surface area contributed by atoms with E-state index in [0.29, 0.717) is 37.7 Å². The molecule has 0 radical (unpaired) electrons. The maximum atomic E-state index is 11.8. The quantitative estimate of drug-likeness (QED) is 0.715. The lowest BCUT2D eigenvalue weighted by atomic mass is 10.1. The van der Waals surface area contributed by atoms with E-state index < -0.39 is 0 Å². The van der Waals surface area contributed by atoms with Crippen molar-refractivity contribution in [2.45, 2.75) is 46.1 Å². The number of aryl methyl sites for hydroxylation is 2. The summed E-state index contributed by atoms with van der Waals surface area (Å²) in [6.07, 6.45) is 1.80. The van der Waals surface area contributed by atoms with Gasteiger partial charge >= 0.3 is 0 Å². The molecule has 24 heavy (non-hydrogen) atoms. The average molecular weight is 331 g/mol. The summed E-state index contributed by atoms with van der Waals surface area (Å²) in [5, 5.41) is 6.83. The van der Waals surface area contributed by atoms with E-state index in [1.165, 1.54) is 5.56 Å². The number of hydrogen-bond donors (Lipinski definition) is 1. The number of ether oxygens (including phenoxy) is 1. The zero-order valence-electron chi connectivity index (χ0n) is 14.5. The smallest absolute Gasteiger partial charge is 0.227 e. The summed E-state index contributed by atoms with van der Waals surface area (Å²) >= 11 is 0. The largest absolute Gasteiger partial charge is 0.379 e. The van der Waals surface area contributed by atoms with E-state index in [9.17, 15) is 4.79 Å². The molecule has 2 aromatic rings. The van der Waals surface area contributed by atoms with Crippen LogP contribution in [0.5, 0.6) is 0 Å². The molecule has 6 heteroatoms. The van der Waals surface area contributed by atoms with Gasteiger partial charge in [0.15, 0.2) is 0 Å². The first kappa shape index (κ1) is 18.1. The molecule has 0 saturated carbocycles. The summed E-state index contributed by atoms with van der Waals surface area (Å²) in [5.41, 5.74) is 2.09. The fourth-order valence-corrected chi connectivity index (χ4v) is 2.10. The van der Waals surface area contributed by atoms with Crippen LogP contribution in [0.2, 0.25) is 0 Å². The van der Waals surface area contributed by atoms with E-state index in [-0.39, 0.29) is 12.0 Å². The third-order valence-corrected chi connectivity index (χ3v) is 3.44. The van der Waals surface area contributed by atoms with Crippen LogP contribution in [-0.2, 0) is 16.0 Å². The van der Waals surface area contributed by atoms with Crippen LogP contribution in [0.1, 0.15) is 38.1 Å². The molecule has 0 atom stereocenters. The molecule has 2 rings (SSSR count). The molecule has 0 aliphatic carbocycles. The molecule has 1 heterocycles. The van der Waals surface area contributed by atoms with Crippen molar-refractivity contribution in [1.82, 2.24) is 15.5 Å².